The summed E-state index contributed by atoms with van der Waals surface area (Å²) in [5.74, 6) is 1.30. The second-order valence-electron chi connectivity index (χ2n) is 6.62. The molecule has 1 fully saturated rings. The molecule has 1 aromatic carbocycles. The van der Waals surface area contributed by atoms with E-state index in [-0.39, 0.29) is 11.5 Å². The molecule has 0 spiro atoms. The summed E-state index contributed by atoms with van der Waals surface area (Å²) in [7, 11) is 0. The average molecular weight is 299 g/mol. The molecule has 0 saturated heterocycles. The molecule has 0 amide bonds. The van der Waals surface area contributed by atoms with E-state index in [1.54, 1.807) is 0 Å². The molecule has 1 aliphatic carbocycles. The Bertz CT molecular complexity index is 629. The first-order valence-corrected chi connectivity index (χ1v) is 8.20. The Kier molecular flexibility index (Phi) is 4.30. The number of rotatable bonds is 5. The first kappa shape index (κ1) is 15.2. The van der Waals surface area contributed by atoms with Crippen LogP contribution in [0.4, 0.5) is 0 Å². The third kappa shape index (κ3) is 3.07. The fourth-order valence-electron chi connectivity index (χ4n) is 3.52. The Morgan fingerprint density at radius 3 is 2.64 bits per heavy atom. The molecule has 1 atom stereocenters. The van der Waals surface area contributed by atoms with Crippen LogP contribution in [0, 0.1) is 13.8 Å². The summed E-state index contributed by atoms with van der Waals surface area (Å²) in [4.78, 5) is 0. The summed E-state index contributed by atoms with van der Waals surface area (Å²) in [6.45, 7) is 7.04. The van der Waals surface area contributed by atoms with Crippen molar-refractivity contribution in [3.8, 4) is 0 Å². The topological polar surface area (TPSA) is 51.0 Å². The predicted molar refractivity (Wildman–Crippen MR) is 86.8 cm³/mol. The van der Waals surface area contributed by atoms with Crippen LogP contribution in [0.1, 0.15) is 61.6 Å². The predicted octanol–water partition coefficient (Wildman–Crippen LogP) is 3.85. The van der Waals surface area contributed by atoms with Gasteiger partial charge in [0.15, 0.2) is 0 Å². The van der Waals surface area contributed by atoms with Crippen molar-refractivity contribution in [1.29, 1.82) is 0 Å². The minimum Gasteiger partial charge on any atom is -0.424 e. The Hall–Kier alpha value is -1.68. The molecule has 1 aliphatic rings. The lowest BCUT2D eigenvalue weighted by atomic mass is 9.78. The van der Waals surface area contributed by atoms with E-state index in [0.29, 0.717) is 11.8 Å². The number of nitrogens with one attached hydrogen (secondary N) is 1. The fraction of sp³-hybridized carbons (Fsp3) is 0.556. The Labute approximate surface area is 132 Å². The van der Waals surface area contributed by atoms with Crippen molar-refractivity contribution in [3.05, 3.63) is 47.2 Å². The molecule has 1 N–H and O–H groups in total. The zero-order chi connectivity index (χ0) is 15.6. The number of benzene rings is 1. The molecule has 2 aromatic rings. The Morgan fingerprint density at radius 1 is 1.23 bits per heavy atom. The lowest BCUT2D eigenvalue weighted by molar-refractivity contribution is 0.346. The van der Waals surface area contributed by atoms with Gasteiger partial charge in [-0.2, -0.15) is 0 Å². The summed E-state index contributed by atoms with van der Waals surface area (Å²) in [5.41, 5.74) is 3.05. The molecule has 4 nitrogen and oxygen atoms in total. The van der Waals surface area contributed by atoms with E-state index in [0.717, 1.165) is 6.54 Å². The molecule has 1 heterocycles. The smallest absolute Gasteiger partial charge is 0.233 e. The summed E-state index contributed by atoms with van der Waals surface area (Å²) in [5, 5.41) is 11.7. The van der Waals surface area contributed by atoms with Crippen LogP contribution in [0.2, 0.25) is 0 Å². The van der Waals surface area contributed by atoms with Crippen molar-refractivity contribution in [1.82, 2.24) is 15.5 Å². The highest BCUT2D eigenvalue weighted by molar-refractivity contribution is 5.31. The normalized spacial score (nSPS) is 18.5. The minimum atomic E-state index is 0.0866. The molecule has 0 bridgehead atoms. The highest BCUT2D eigenvalue weighted by Gasteiger charge is 2.36. The first-order valence-electron chi connectivity index (χ1n) is 8.20. The van der Waals surface area contributed by atoms with Gasteiger partial charge in [-0.05, 0) is 32.3 Å². The van der Waals surface area contributed by atoms with Gasteiger partial charge < -0.3 is 9.73 Å². The third-order valence-corrected chi connectivity index (χ3v) is 4.85. The fourth-order valence-corrected chi connectivity index (χ4v) is 3.52. The maximum absolute atomic E-state index is 5.53. The summed E-state index contributed by atoms with van der Waals surface area (Å²) < 4.78 is 5.53. The highest BCUT2D eigenvalue weighted by Crippen LogP contribution is 2.41. The van der Waals surface area contributed by atoms with E-state index in [9.17, 15) is 0 Å². The van der Waals surface area contributed by atoms with E-state index in [2.05, 4.69) is 53.6 Å². The second-order valence-corrected chi connectivity index (χ2v) is 6.62. The lowest BCUT2D eigenvalue weighted by Crippen LogP contribution is -2.37. The standard InChI is InChI=1S/C18H25N3O/c1-13-7-6-8-16(11-13)18(9-4-5-10-18)12-19-14(2)17-21-20-15(3)22-17/h6-8,11,14,19H,4-5,9-10,12H2,1-3H3/t14-/m1/s1. The summed E-state index contributed by atoms with van der Waals surface area (Å²) in [6, 6.07) is 9.05. The highest BCUT2D eigenvalue weighted by atomic mass is 16.4. The molecule has 1 aromatic heterocycles. The van der Waals surface area contributed by atoms with Crippen molar-refractivity contribution < 1.29 is 4.42 Å². The average Bonchev–Trinajstić information content (AvgIpc) is 3.15. The van der Waals surface area contributed by atoms with Gasteiger partial charge >= 0.3 is 0 Å². The van der Waals surface area contributed by atoms with Gasteiger partial charge in [0.1, 0.15) is 0 Å². The quantitative estimate of drug-likeness (QED) is 0.911. The van der Waals surface area contributed by atoms with Crippen LogP contribution in [0.3, 0.4) is 0 Å². The molecular formula is C18H25N3O. The van der Waals surface area contributed by atoms with Crippen LogP contribution < -0.4 is 5.32 Å². The van der Waals surface area contributed by atoms with Crippen molar-refractivity contribution in [2.45, 2.75) is 57.9 Å². The van der Waals surface area contributed by atoms with Crippen molar-refractivity contribution in [2.75, 3.05) is 6.54 Å². The number of aromatic nitrogens is 2. The number of hydrogen-bond donors (Lipinski definition) is 1. The van der Waals surface area contributed by atoms with E-state index >= 15 is 0 Å². The van der Waals surface area contributed by atoms with E-state index < -0.39 is 0 Å². The van der Waals surface area contributed by atoms with Gasteiger partial charge in [-0.3, -0.25) is 0 Å². The van der Waals surface area contributed by atoms with Crippen LogP contribution >= 0.6 is 0 Å². The maximum Gasteiger partial charge on any atom is 0.233 e. The Morgan fingerprint density at radius 2 is 2.00 bits per heavy atom. The van der Waals surface area contributed by atoms with Gasteiger partial charge in [0, 0.05) is 18.9 Å². The van der Waals surface area contributed by atoms with Crippen LogP contribution in [0.5, 0.6) is 0 Å². The zero-order valence-corrected chi connectivity index (χ0v) is 13.7. The first-order chi connectivity index (χ1) is 10.6. The lowest BCUT2D eigenvalue weighted by Gasteiger charge is -2.31. The van der Waals surface area contributed by atoms with Crippen molar-refractivity contribution >= 4 is 0 Å². The molecule has 1 saturated carbocycles. The number of nitrogens with zero attached hydrogens (tertiary/aromatic N) is 2. The monoisotopic (exact) mass is 299 g/mol. The molecule has 22 heavy (non-hydrogen) atoms. The van der Waals surface area contributed by atoms with E-state index in [4.69, 9.17) is 4.42 Å². The third-order valence-electron chi connectivity index (χ3n) is 4.85. The van der Waals surface area contributed by atoms with Gasteiger partial charge in [0.2, 0.25) is 11.8 Å². The largest absolute Gasteiger partial charge is 0.424 e. The number of hydrogen-bond acceptors (Lipinski definition) is 4. The minimum absolute atomic E-state index is 0.0866. The van der Waals surface area contributed by atoms with Crippen LogP contribution in [0.15, 0.2) is 28.7 Å². The molecule has 0 radical (unpaired) electrons. The van der Waals surface area contributed by atoms with Crippen LogP contribution in [-0.4, -0.2) is 16.7 Å². The summed E-state index contributed by atoms with van der Waals surface area (Å²) >= 11 is 0. The van der Waals surface area contributed by atoms with E-state index in [1.165, 1.54) is 36.8 Å². The zero-order valence-electron chi connectivity index (χ0n) is 13.7. The van der Waals surface area contributed by atoms with Gasteiger partial charge in [-0.25, -0.2) is 0 Å². The van der Waals surface area contributed by atoms with Crippen LogP contribution in [0.25, 0.3) is 0 Å². The van der Waals surface area contributed by atoms with Crippen molar-refractivity contribution in [3.63, 3.8) is 0 Å². The molecule has 118 valence electrons. The van der Waals surface area contributed by atoms with Gasteiger partial charge in [-0.15, -0.1) is 10.2 Å². The maximum atomic E-state index is 5.53. The Balaban J connectivity index is 1.75. The molecule has 3 rings (SSSR count). The molecular weight excluding hydrogens is 274 g/mol. The number of aryl methyl sites for hydroxylation is 2. The molecule has 0 aliphatic heterocycles. The molecule has 4 heteroatoms. The summed E-state index contributed by atoms with van der Waals surface area (Å²) in [6.07, 6.45) is 5.12. The van der Waals surface area contributed by atoms with Gasteiger partial charge in [-0.1, -0.05) is 42.7 Å². The SMILES string of the molecule is Cc1cccc(C2(CN[C@H](C)c3nnc(C)o3)CCCC2)c1. The van der Waals surface area contributed by atoms with E-state index in [1.807, 2.05) is 6.92 Å². The molecule has 0 unspecified atom stereocenters. The second kappa shape index (κ2) is 6.21. The van der Waals surface area contributed by atoms with Crippen LogP contribution in [-0.2, 0) is 5.41 Å². The van der Waals surface area contributed by atoms with Gasteiger partial charge in [0.25, 0.3) is 0 Å². The van der Waals surface area contributed by atoms with Gasteiger partial charge in [0.05, 0.1) is 6.04 Å². The van der Waals surface area contributed by atoms with Crippen molar-refractivity contribution in [2.24, 2.45) is 0 Å².